The summed E-state index contributed by atoms with van der Waals surface area (Å²) < 4.78 is 13.0. The van der Waals surface area contributed by atoms with Crippen molar-refractivity contribution in [3.8, 4) is 5.75 Å². The van der Waals surface area contributed by atoms with Gasteiger partial charge in [0, 0.05) is 17.0 Å². The van der Waals surface area contributed by atoms with Crippen LogP contribution in [0.4, 0.5) is 4.39 Å². The van der Waals surface area contributed by atoms with Crippen LogP contribution < -0.4 is 0 Å². The van der Waals surface area contributed by atoms with Gasteiger partial charge in [-0.1, -0.05) is 11.6 Å². The van der Waals surface area contributed by atoms with E-state index < -0.39 is 17.2 Å². The van der Waals surface area contributed by atoms with Crippen molar-refractivity contribution in [1.82, 2.24) is 0 Å². The molecule has 0 radical (unpaired) electrons. The summed E-state index contributed by atoms with van der Waals surface area (Å²) >= 11 is 5.62. The number of phenols is 1. The van der Waals surface area contributed by atoms with E-state index in [1.165, 1.54) is 6.07 Å². The zero-order chi connectivity index (χ0) is 11.9. The molecule has 1 saturated carbocycles. The van der Waals surface area contributed by atoms with Gasteiger partial charge in [-0.2, -0.15) is 0 Å². The first kappa shape index (κ1) is 11.2. The monoisotopic (exact) mass is 244 g/mol. The van der Waals surface area contributed by atoms with Crippen molar-refractivity contribution in [2.24, 2.45) is 0 Å². The Hall–Kier alpha value is -1.29. The van der Waals surface area contributed by atoms with Gasteiger partial charge in [-0.05, 0) is 18.9 Å². The predicted octanol–water partition coefficient (Wildman–Crippen LogP) is 2.69. The van der Waals surface area contributed by atoms with Crippen LogP contribution in [0.25, 0.3) is 0 Å². The van der Waals surface area contributed by atoms with Gasteiger partial charge in [-0.15, -0.1) is 0 Å². The molecule has 0 aromatic heterocycles. The van der Waals surface area contributed by atoms with E-state index in [0.29, 0.717) is 18.4 Å². The molecule has 2 N–H and O–H groups in total. The number of carboxylic acids is 1. The maximum absolute atomic E-state index is 13.0. The largest absolute Gasteiger partial charge is 0.508 e. The minimum absolute atomic E-state index is 0.0669. The van der Waals surface area contributed by atoms with Gasteiger partial charge in [0.05, 0.1) is 11.4 Å². The summed E-state index contributed by atoms with van der Waals surface area (Å²) in [5.41, 5.74) is -0.130. The van der Waals surface area contributed by atoms with Gasteiger partial charge in [-0.3, -0.25) is 4.79 Å². The van der Waals surface area contributed by atoms with Gasteiger partial charge in [0.1, 0.15) is 11.6 Å². The second-order valence-electron chi connectivity index (χ2n) is 4.13. The van der Waals surface area contributed by atoms with E-state index in [0.717, 1.165) is 6.07 Å². The Morgan fingerprint density at radius 1 is 1.50 bits per heavy atom. The first-order valence-electron chi connectivity index (χ1n) is 4.85. The number of phenolic OH excluding ortho intramolecular Hbond substituents is 1. The summed E-state index contributed by atoms with van der Waals surface area (Å²) in [7, 11) is 0. The Balaban J connectivity index is 2.41. The molecule has 3 nitrogen and oxygen atoms in total. The van der Waals surface area contributed by atoms with Crippen molar-refractivity contribution >= 4 is 17.6 Å². The number of carboxylic acid groups (broad SMARTS) is 1. The minimum Gasteiger partial charge on any atom is -0.508 e. The normalized spacial score (nSPS) is 17.1. The highest BCUT2D eigenvalue weighted by Gasteiger charge is 2.47. The number of hydrogen-bond acceptors (Lipinski definition) is 2. The molecule has 0 atom stereocenters. The first-order chi connectivity index (χ1) is 7.44. The maximum Gasteiger partial charge on any atom is 0.304 e. The molecule has 1 fully saturated rings. The van der Waals surface area contributed by atoms with Crippen LogP contribution in [-0.2, 0) is 10.2 Å². The van der Waals surface area contributed by atoms with Crippen molar-refractivity contribution in [3.05, 3.63) is 28.5 Å². The number of carbonyl (C=O) groups is 1. The van der Waals surface area contributed by atoms with Gasteiger partial charge in [0.25, 0.3) is 0 Å². The molecule has 0 bridgehead atoms. The van der Waals surface area contributed by atoms with Crippen LogP contribution in [0.15, 0.2) is 12.1 Å². The molecule has 86 valence electrons. The third-order valence-electron chi connectivity index (χ3n) is 2.95. The maximum atomic E-state index is 13.0. The Morgan fingerprint density at radius 2 is 2.12 bits per heavy atom. The van der Waals surface area contributed by atoms with Crippen molar-refractivity contribution in [2.45, 2.75) is 24.7 Å². The summed E-state index contributed by atoms with van der Waals surface area (Å²) in [6.07, 6.45) is 1.28. The van der Waals surface area contributed by atoms with Crippen LogP contribution in [0, 0.1) is 5.82 Å². The van der Waals surface area contributed by atoms with Crippen molar-refractivity contribution in [3.63, 3.8) is 0 Å². The van der Waals surface area contributed by atoms with E-state index >= 15 is 0 Å². The minimum atomic E-state index is -0.933. The predicted molar refractivity (Wildman–Crippen MR) is 56.2 cm³/mol. The molecule has 0 saturated heterocycles. The van der Waals surface area contributed by atoms with Gasteiger partial charge < -0.3 is 10.2 Å². The summed E-state index contributed by atoms with van der Waals surface area (Å²) in [4.78, 5) is 10.7. The zero-order valence-corrected chi connectivity index (χ0v) is 9.09. The van der Waals surface area contributed by atoms with Crippen LogP contribution in [0.3, 0.4) is 0 Å². The van der Waals surface area contributed by atoms with E-state index in [1.807, 2.05) is 0 Å². The number of hydrogen-bond donors (Lipinski definition) is 2. The van der Waals surface area contributed by atoms with Crippen molar-refractivity contribution in [2.75, 3.05) is 0 Å². The molecular formula is C11H10ClFO3. The molecular weight excluding hydrogens is 235 g/mol. The molecule has 2 rings (SSSR count). The lowest BCUT2D eigenvalue weighted by molar-refractivity contribution is -0.137. The molecule has 5 heteroatoms. The quantitative estimate of drug-likeness (QED) is 0.860. The molecule has 16 heavy (non-hydrogen) atoms. The molecule has 0 aliphatic heterocycles. The van der Waals surface area contributed by atoms with E-state index in [9.17, 15) is 14.3 Å². The highest BCUT2D eigenvalue weighted by atomic mass is 35.5. The number of rotatable bonds is 3. The van der Waals surface area contributed by atoms with Crippen molar-refractivity contribution in [1.29, 1.82) is 0 Å². The Kier molecular flexibility index (Phi) is 2.54. The topological polar surface area (TPSA) is 57.5 Å². The van der Waals surface area contributed by atoms with Gasteiger partial charge in [-0.25, -0.2) is 4.39 Å². The summed E-state index contributed by atoms with van der Waals surface area (Å²) in [6, 6.07) is 2.25. The average molecular weight is 245 g/mol. The fraction of sp³-hybridized carbons (Fsp3) is 0.364. The lowest BCUT2D eigenvalue weighted by Crippen LogP contribution is -2.13. The van der Waals surface area contributed by atoms with Crippen molar-refractivity contribution < 1.29 is 19.4 Å². The number of halogens is 2. The fourth-order valence-electron chi connectivity index (χ4n) is 1.94. The average Bonchev–Trinajstić information content (AvgIpc) is 2.91. The second kappa shape index (κ2) is 3.63. The number of aliphatic carboxylic acids is 1. The summed E-state index contributed by atoms with van der Waals surface area (Å²) in [6.45, 7) is 0. The molecule has 1 aromatic rings. The lowest BCUT2D eigenvalue weighted by atomic mass is 9.91. The Labute approximate surface area is 96.5 Å². The molecule has 0 amide bonds. The van der Waals surface area contributed by atoms with Crippen LogP contribution in [0.2, 0.25) is 5.02 Å². The third kappa shape index (κ3) is 1.85. The molecule has 0 spiro atoms. The van der Waals surface area contributed by atoms with Gasteiger partial charge in [0.15, 0.2) is 0 Å². The number of benzene rings is 1. The van der Waals surface area contributed by atoms with Gasteiger partial charge >= 0.3 is 5.97 Å². The summed E-state index contributed by atoms with van der Waals surface area (Å²) in [5, 5.41) is 18.3. The van der Waals surface area contributed by atoms with Crippen LogP contribution in [0.5, 0.6) is 5.75 Å². The highest BCUT2D eigenvalue weighted by Crippen LogP contribution is 2.54. The van der Waals surface area contributed by atoms with Crippen LogP contribution in [-0.4, -0.2) is 16.2 Å². The van der Waals surface area contributed by atoms with E-state index in [2.05, 4.69) is 0 Å². The molecule has 1 aliphatic carbocycles. The Bertz CT molecular complexity index is 455. The molecule has 0 heterocycles. The van der Waals surface area contributed by atoms with E-state index in [1.54, 1.807) is 0 Å². The van der Waals surface area contributed by atoms with E-state index in [4.69, 9.17) is 16.7 Å². The molecule has 0 unspecified atom stereocenters. The second-order valence-corrected chi connectivity index (χ2v) is 4.54. The summed E-state index contributed by atoms with van der Waals surface area (Å²) in [5.74, 6) is -1.85. The molecule has 1 aromatic carbocycles. The lowest BCUT2D eigenvalue weighted by Gasteiger charge is -2.15. The van der Waals surface area contributed by atoms with Gasteiger partial charge in [0.2, 0.25) is 0 Å². The zero-order valence-electron chi connectivity index (χ0n) is 8.33. The van der Waals surface area contributed by atoms with E-state index in [-0.39, 0.29) is 17.2 Å². The number of aromatic hydroxyl groups is 1. The fourth-order valence-corrected chi connectivity index (χ4v) is 2.11. The smallest absolute Gasteiger partial charge is 0.304 e. The van der Waals surface area contributed by atoms with Crippen LogP contribution >= 0.6 is 11.6 Å². The SMILES string of the molecule is O=C(O)CC1(c2cc(Cl)c(F)cc2O)CC1. The highest BCUT2D eigenvalue weighted by molar-refractivity contribution is 6.30. The Morgan fingerprint density at radius 3 is 2.62 bits per heavy atom. The van der Waals surface area contributed by atoms with Crippen LogP contribution in [0.1, 0.15) is 24.8 Å². The third-order valence-corrected chi connectivity index (χ3v) is 3.24. The molecule has 1 aliphatic rings. The standard InChI is InChI=1S/C11H10ClFO3/c12-7-3-6(9(14)4-8(7)13)11(1-2-11)5-10(15)16/h3-4,14H,1-2,5H2,(H,15,16). The first-order valence-corrected chi connectivity index (χ1v) is 5.23.